The average Bonchev–Trinajstić information content (AvgIpc) is 3.67. The number of benzene rings is 1. The molecular weight excluding hydrogens is 562 g/mol. The van der Waals surface area contributed by atoms with Gasteiger partial charge < -0.3 is 29.3 Å². The largest absolute Gasteiger partial charge is 0.455 e. The molecule has 1 N–H and O–H groups in total. The first-order valence-electron chi connectivity index (χ1n) is 15.6. The quantitative estimate of drug-likeness (QED) is 0.254. The number of carbonyl (C=O) groups excluding carboxylic acids is 4. The number of aliphatic hydroxyl groups is 1. The molecule has 240 valence electrons. The van der Waals surface area contributed by atoms with Crippen LogP contribution in [-0.2, 0) is 28.7 Å². The van der Waals surface area contributed by atoms with Crippen molar-refractivity contribution in [2.75, 3.05) is 20.2 Å². The number of ether oxygens (including phenoxy) is 2. The smallest absolute Gasteiger partial charge is 0.313 e. The molecule has 8 atom stereocenters. The van der Waals surface area contributed by atoms with Gasteiger partial charge in [-0.1, -0.05) is 42.5 Å². The third-order valence-electron chi connectivity index (χ3n) is 9.59. The molecule has 0 aromatic heterocycles. The first kappa shape index (κ1) is 33.4. The Morgan fingerprint density at radius 2 is 1.84 bits per heavy atom. The highest BCUT2D eigenvalue weighted by atomic mass is 16.6. The fraction of sp³-hybridized carbons (Fsp3) is 0.588. The number of amides is 3. The molecule has 3 heterocycles. The molecule has 44 heavy (non-hydrogen) atoms. The zero-order chi connectivity index (χ0) is 32.3. The number of fused-ring (bicyclic) bond motifs is 1. The van der Waals surface area contributed by atoms with Crippen molar-refractivity contribution in [3.05, 3.63) is 61.2 Å². The van der Waals surface area contributed by atoms with E-state index in [1.54, 1.807) is 35.9 Å². The summed E-state index contributed by atoms with van der Waals surface area (Å²) in [5, 5.41) is 10.1. The van der Waals surface area contributed by atoms with E-state index >= 15 is 0 Å². The second kappa shape index (κ2) is 13.6. The molecule has 0 unspecified atom stereocenters. The van der Waals surface area contributed by atoms with Crippen molar-refractivity contribution in [3.8, 4) is 0 Å². The number of nitrogens with zero attached hydrogens (tertiary/aromatic N) is 3. The third-order valence-corrected chi connectivity index (χ3v) is 9.59. The number of allylic oxidation sites excluding steroid dienone is 1. The summed E-state index contributed by atoms with van der Waals surface area (Å²) in [6, 6.07) is 6.88. The first-order chi connectivity index (χ1) is 20.9. The van der Waals surface area contributed by atoms with Crippen LogP contribution in [0.1, 0.15) is 65.0 Å². The second-order valence-corrected chi connectivity index (χ2v) is 12.5. The van der Waals surface area contributed by atoms with Gasteiger partial charge in [-0.25, -0.2) is 0 Å². The molecule has 0 radical (unpaired) electrons. The number of likely N-dealkylation sites (N-methyl/N-ethyl adjacent to an activating group) is 1. The molecule has 1 spiro atoms. The van der Waals surface area contributed by atoms with E-state index in [-0.39, 0.29) is 37.4 Å². The Kier molecular flexibility index (Phi) is 10.4. The summed E-state index contributed by atoms with van der Waals surface area (Å²) in [6.07, 6.45) is 3.66. The van der Waals surface area contributed by atoms with Crippen LogP contribution in [-0.4, -0.2) is 99.6 Å². The minimum absolute atomic E-state index is 0.105. The fourth-order valence-corrected chi connectivity index (χ4v) is 7.18. The summed E-state index contributed by atoms with van der Waals surface area (Å²) in [4.78, 5) is 60.1. The molecule has 2 bridgehead atoms. The lowest BCUT2D eigenvalue weighted by Crippen LogP contribution is -2.59. The first-order valence-corrected chi connectivity index (χ1v) is 15.6. The van der Waals surface area contributed by atoms with Crippen molar-refractivity contribution in [2.24, 2.45) is 11.8 Å². The normalized spacial score (nSPS) is 27.4. The maximum atomic E-state index is 14.2. The zero-order valence-corrected chi connectivity index (χ0v) is 26.6. The monoisotopic (exact) mass is 609 g/mol. The van der Waals surface area contributed by atoms with Crippen LogP contribution >= 0.6 is 0 Å². The Hall–Kier alpha value is -3.50. The molecule has 1 aromatic rings. The van der Waals surface area contributed by atoms with Gasteiger partial charge in [0, 0.05) is 26.1 Å². The molecule has 3 saturated heterocycles. The van der Waals surface area contributed by atoms with Gasteiger partial charge in [-0.2, -0.15) is 0 Å². The molecule has 3 fully saturated rings. The zero-order valence-electron chi connectivity index (χ0n) is 26.6. The number of hydrogen-bond acceptors (Lipinski definition) is 7. The summed E-state index contributed by atoms with van der Waals surface area (Å²) >= 11 is 0. The summed E-state index contributed by atoms with van der Waals surface area (Å²) in [5.74, 6) is -3.26. The SMILES string of the molecule is C=CCCC(=O)N(C)[C@@H](C)[C@@H](OC(=O)[C@@H]1[C@@H]2CC[C@]3(O2)[C@H](C(=O)N(CC=C)C(C)C)N([C@H](C)CO)C(=O)[C@@H]13)c1ccccc1. The predicted molar refractivity (Wildman–Crippen MR) is 165 cm³/mol. The van der Waals surface area contributed by atoms with E-state index in [1.807, 2.05) is 51.1 Å². The fourth-order valence-electron chi connectivity index (χ4n) is 7.18. The van der Waals surface area contributed by atoms with E-state index in [9.17, 15) is 24.3 Å². The standard InChI is InChI=1S/C34H47N3O7/c1-8-10-16-26(39)35(7)23(6)29(24-14-12-11-13-15-24)43-33(42)27-25-17-18-34(44-25)28(27)31(40)37(22(5)20-38)30(34)32(41)36(19-9-2)21(3)4/h8-9,11-15,21-23,25,27-30,38H,1-2,10,16-20H2,3-7H3/t22-,23+,25+,27-,28-,29-,30+,34-/m1/s1. The number of likely N-dealkylation sites (tertiary alicyclic amines) is 1. The number of aliphatic hydroxyl groups excluding tert-OH is 1. The predicted octanol–water partition coefficient (Wildman–Crippen LogP) is 3.26. The Labute approximate surface area is 260 Å². The molecule has 10 heteroatoms. The lowest BCUT2D eigenvalue weighted by atomic mass is 9.70. The molecule has 3 amide bonds. The van der Waals surface area contributed by atoms with Crippen LogP contribution in [0, 0.1) is 11.8 Å². The summed E-state index contributed by atoms with van der Waals surface area (Å²) in [7, 11) is 1.68. The highest BCUT2D eigenvalue weighted by Crippen LogP contribution is 2.59. The van der Waals surface area contributed by atoms with Gasteiger partial charge >= 0.3 is 5.97 Å². The van der Waals surface area contributed by atoms with E-state index in [0.717, 1.165) is 0 Å². The number of esters is 1. The molecule has 3 aliphatic rings. The molecular formula is C34H47N3O7. The van der Waals surface area contributed by atoms with Crippen molar-refractivity contribution in [1.82, 2.24) is 14.7 Å². The van der Waals surface area contributed by atoms with Gasteiger partial charge in [0.2, 0.25) is 17.7 Å². The summed E-state index contributed by atoms with van der Waals surface area (Å²) < 4.78 is 12.8. The van der Waals surface area contributed by atoms with Crippen LogP contribution < -0.4 is 0 Å². The van der Waals surface area contributed by atoms with Gasteiger partial charge in [0.25, 0.3) is 0 Å². The van der Waals surface area contributed by atoms with E-state index in [0.29, 0.717) is 24.8 Å². The average molecular weight is 610 g/mol. The Morgan fingerprint density at radius 1 is 1.16 bits per heavy atom. The highest BCUT2D eigenvalue weighted by molar-refractivity contribution is 5.98. The second-order valence-electron chi connectivity index (χ2n) is 12.5. The van der Waals surface area contributed by atoms with Crippen molar-refractivity contribution in [1.29, 1.82) is 0 Å². The van der Waals surface area contributed by atoms with Crippen molar-refractivity contribution in [3.63, 3.8) is 0 Å². The molecule has 1 aromatic carbocycles. The van der Waals surface area contributed by atoms with E-state index in [4.69, 9.17) is 9.47 Å². The van der Waals surface area contributed by atoms with Gasteiger partial charge in [-0.15, -0.1) is 13.2 Å². The Morgan fingerprint density at radius 3 is 2.43 bits per heavy atom. The Balaban J connectivity index is 1.69. The molecule has 0 saturated carbocycles. The molecule has 3 aliphatic heterocycles. The lowest BCUT2D eigenvalue weighted by molar-refractivity contribution is -0.165. The van der Waals surface area contributed by atoms with Gasteiger partial charge in [-0.05, 0) is 52.5 Å². The van der Waals surface area contributed by atoms with Crippen LogP contribution in [0.5, 0.6) is 0 Å². The van der Waals surface area contributed by atoms with Gasteiger partial charge in [0.15, 0.2) is 0 Å². The third kappa shape index (κ3) is 5.81. The summed E-state index contributed by atoms with van der Waals surface area (Å²) in [6.45, 7) is 14.7. The number of rotatable bonds is 14. The molecule has 0 aliphatic carbocycles. The van der Waals surface area contributed by atoms with Crippen molar-refractivity contribution < 1.29 is 33.8 Å². The van der Waals surface area contributed by atoms with Crippen molar-refractivity contribution in [2.45, 2.75) is 95.4 Å². The molecule has 10 nitrogen and oxygen atoms in total. The van der Waals surface area contributed by atoms with Crippen LogP contribution in [0.25, 0.3) is 0 Å². The number of carbonyl (C=O) groups is 4. The van der Waals surface area contributed by atoms with Crippen LogP contribution in [0.4, 0.5) is 0 Å². The van der Waals surface area contributed by atoms with E-state index in [1.165, 1.54) is 4.90 Å². The number of hydrogen-bond donors (Lipinski definition) is 1. The highest BCUT2D eigenvalue weighted by Gasteiger charge is 2.75. The topological polar surface area (TPSA) is 117 Å². The van der Waals surface area contributed by atoms with E-state index in [2.05, 4.69) is 13.2 Å². The van der Waals surface area contributed by atoms with Crippen LogP contribution in [0.15, 0.2) is 55.6 Å². The van der Waals surface area contributed by atoms with Gasteiger partial charge in [0.05, 0.1) is 36.6 Å². The van der Waals surface area contributed by atoms with Gasteiger partial charge in [-0.3, -0.25) is 19.2 Å². The van der Waals surface area contributed by atoms with Crippen molar-refractivity contribution >= 4 is 23.7 Å². The van der Waals surface area contributed by atoms with Gasteiger partial charge in [0.1, 0.15) is 17.7 Å². The van der Waals surface area contributed by atoms with Crippen LogP contribution in [0.3, 0.4) is 0 Å². The van der Waals surface area contributed by atoms with E-state index < -0.39 is 59.6 Å². The summed E-state index contributed by atoms with van der Waals surface area (Å²) in [5.41, 5.74) is -0.500. The Bertz CT molecular complexity index is 1250. The lowest BCUT2D eigenvalue weighted by Gasteiger charge is -2.39. The van der Waals surface area contributed by atoms with Crippen LogP contribution in [0.2, 0.25) is 0 Å². The molecule has 4 rings (SSSR count). The minimum atomic E-state index is -1.22. The maximum Gasteiger partial charge on any atom is 0.313 e. The maximum absolute atomic E-state index is 14.2. The minimum Gasteiger partial charge on any atom is -0.455 e.